The maximum absolute atomic E-state index is 6.51. The van der Waals surface area contributed by atoms with Crippen molar-refractivity contribution in [3.05, 3.63) is 20.3 Å². The second kappa shape index (κ2) is 5.41. The smallest absolute Gasteiger partial charge is 0.0704 e. The van der Waals surface area contributed by atoms with E-state index < -0.39 is 0 Å². The van der Waals surface area contributed by atoms with Crippen molar-refractivity contribution in [2.24, 2.45) is 11.3 Å². The molecule has 1 aromatic heterocycles. The summed E-state index contributed by atoms with van der Waals surface area (Å²) in [4.78, 5) is 1.33. The monoisotopic (exact) mass is 322 g/mol. The average Bonchev–Trinajstić information content (AvgIpc) is 2.43. The number of aryl methyl sites for hydroxylation is 1. The number of hydrogen-bond donors (Lipinski definition) is 0. The van der Waals surface area contributed by atoms with Gasteiger partial charge in [-0.3, -0.25) is 0 Å². The molecule has 0 aliphatic rings. The molecule has 0 saturated heterocycles. The summed E-state index contributed by atoms with van der Waals surface area (Å²) in [6.45, 7) is 11.3. The minimum Gasteiger partial charge on any atom is -0.133 e. The Balaban J connectivity index is 2.73. The van der Waals surface area contributed by atoms with Gasteiger partial charge in [0.25, 0.3) is 0 Å². The van der Waals surface area contributed by atoms with Crippen molar-refractivity contribution < 1.29 is 0 Å². The highest BCUT2D eigenvalue weighted by atomic mass is 79.9. The van der Waals surface area contributed by atoms with E-state index in [4.69, 9.17) is 11.6 Å². The summed E-state index contributed by atoms with van der Waals surface area (Å²) >= 11 is 11.8. The summed E-state index contributed by atoms with van der Waals surface area (Å²) in [5, 5.41) is 0.136. The molecule has 0 radical (unpaired) electrons. The highest BCUT2D eigenvalue weighted by molar-refractivity contribution is 9.11. The first-order valence-electron chi connectivity index (χ1n) is 5.61. The Labute approximate surface area is 117 Å². The molecule has 0 fully saturated rings. The Morgan fingerprint density at radius 3 is 2.38 bits per heavy atom. The second-order valence-electron chi connectivity index (χ2n) is 5.53. The Kier molecular flexibility index (Phi) is 4.91. The average molecular weight is 324 g/mol. The van der Waals surface area contributed by atoms with Crippen molar-refractivity contribution in [3.63, 3.8) is 0 Å². The van der Waals surface area contributed by atoms with Gasteiger partial charge in [-0.2, -0.15) is 0 Å². The van der Waals surface area contributed by atoms with E-state index in [9.17, 15) is 0 Å². The molecule has 1 aromatic rings. The quantitative estimate of drug-likeness (QED) is 0.583. The van der Waals surface area contributed by atoms with Gasteiger partial charge in [0, 0.05) is 4.88 Å². The van der Waals surface area contributed by atoms with Crippen molar-refractivity contribution >= 4 is 38.9 Å². The Morgan fingerprint density at radius 1 is 1.44 bits per heavy atom. The van der Waals surface area contributed by atoms with Crippen LogP contribution in [-0.2, 0) is 0 Å². The first-order valence-corrected chi connectivity index (χ1v) is 7.66. The maximum atomic E-state index is 6.51. The molecule has 92 valence electrons. The van der Waals surface area contributed by atoms with Crippen molar-refractivity contribution in [3.8, 4) is 0 Å². The summed E-state index contributed by atoms with van der Waals surface area (Å²) in [5.41, 5.74) is 1.61. The number of hydrogen-bond acceptors (Lipinski definition) is 1. The summed E-state index contributed by atoms with van der Waals surface area (Å²) in [5.74, 6) is 0.619. The lowest BCUT2D eigenvalue weighted by molar-refractivity contribution is 0.245. The largest absolute Gasteiger partial charge is 0.133 e. The normalized spacial score (nSPS) is 16.2. The first kappa shape index (κ1) is 14.5. The highest BCUT2D eigenvalue weighted by Crippen LogP contribution is 2.40. The fourth-order valence-electron chi connectivity index (χ4n) is 1.56. The van der Waals surface area contributed by atoms with E-state index >= 15 is 0 Å². The zero-order valence-corrected chi connectivity index (χ0v) is 13.8. The molecule has 0 N–H and O–H groups in total. The van der Waals surface area contributed by atoms with Crippen LogP contribution in [-0.4, -0.2) is 0 Å². The maximum Gasteiger partial charge on any atom is 0.0704 e. The third kappa shape index (κ3) is 3.75. The summed E-state index contributed by atoms with van der Waals surface area (Å²) in [6.07, 6.45) is 1.04. The lowest BCUT2D eigenvalue weighted by Gasteiger charge is -2.29. The van der Waals surface area contributed by atoms with Crippen LogP contribution < -0.4 is 0 Å². The first-order chi connectivity index (χ1) is 7.21. The molecule has 0 bridgehead atoms. The summed E-state index contributed by atoms with van der Waals surface area (Å²) in [6, 6.07) is 2.16. The molecular weight excluding hydrogens is 304 g/mol. The Morgan fingerprint density at radius 2 is 2.00 bits per heavy atom. The van der Waals surface area contributed by atoms with Gasteiger partial charge in [-0.25, -0.2) is 0 Å². The van der Waals surface area contributed by atoms with Gasteiger partial charge in [0.1, 0.15) is 0 Å². The van der Waals surface area contributed by atoms with Crippen LogP contribution in [0.2, 0.25) is 0 Å². The van der Waals surface area contributed by atoms with Crippen LogP contribution in [0.4, 0.5) is 0 Å². The van der Waals surface area contributed by atoms with E-state index in [2.05, 4.69) is 56.6 Å². The molecule has 2 unspecified atom stereocenters. The molecule has 3 heteroatoms. The third-order valence-electron chi connectivity index (χ3n) is 3.30. The number of halogens is 2. The van der Waals surface area contributed by atoms with Crippen molar-refractivity contribution in [1.82, 2.24) is 0 Å². The molecular formula is C13H20BrClS. The topological polar surface area (TPSA) is 0 Å². The fourth-order valence-corrected chi connectivity index (χ4v) is 3.89. The second-order valence-corrected chi connectivity index (χ2v) is 8.69. The van der Waals surface area contributed by atoms with Crippen LogP contribution in [0.1, 0.15) is 49.9 Å². The molecule has 16 heavy (non-hydrogen) atoms. The van der Waals surface area contributed by atoms with Gasteiger partial charge in [-0.1, -0.05) is 27.7 Å². The standard InChI is InChI=1S/C13H20BrClS/c1-8(13(3,4)5)6-11(15)10-7-12(14)16-9(10)2/h7-8,11H,6H2,1-5H3. The Hall–Kier alpha value is 0.470. The fraction of sp³-hybridized carbons (Fsp3) is 0.692. The SMILES string of the molecule is Cc1sc(Br)cc1C(Cl)CC(C)C(C)(C)C. The molecule has 1 rings (SSSR count). The third-order valence-corrected chi connectivity index (χ3v) is 5.28. The molecule has 2 atom stereocenters. The minimum absolute atomic E-state index is 0.136. The summed E-state index contributed by atoms with van der Waals surface area (Å²) in [7, 11) is 0. The van der Waals surface area contributed by atoms with Gasteiger partial charge in [-0.05, 0) is 52.2 Å². The zero-order valence-electron chi connectivity index (χ0n) is 10.6. The van der Waals surface area contributed by atoms with Crippen LogP contribution in [0.3, 0.4) is 0 Å². The van der Waals surface area contributed by atoms with E-state index in [1.165, 1.54) is 14.2 Å². The Bertz CT molecular complexity index is 351. The predicted molar refractivity (Wildman–Crippen MR) is 78.6 cm³/mol. The minimum atomic E-state index is 0.136. The zero-order chi connectivity index (χ0) is 12.5. The molecule has 0 spiro atoms. The number of rotatable bonds is 3. The van der Waals surface area contributed by atoms with E-state index in [0.29, 0.717) is 11.3 Å². The van der Waals surface area contributed by atoms with Crippen molar-refractivity contribution in [2.75, 3.05) is 0 Å². The molecule has 0 nitrogen and oxygen atoms in total. The van der Waals surface area contributed by atoms with Gasteiger partial charge in [0.2, 0.25) is 0 Å². The lowest BCUT2D eigenvalue weighted by atomic mass is 9.79. The van der Waals surface area contributed by atoms with Crippen LogP contribution in [0.25, 0.3) is 0 Å². The molecule has 0 aliphatic carbocycles. The van der Waals surface area contributed by atoms with Crippen LogP contribution in [0.5, 0.6) is 0 Å². The van der Waals surface area contributed by atoms with Gasteiger partial charge >= 0.3 is 0 Å². The van der Waals surface area contributed by atoms with E-state index in [-0.39, 0.29) is 5.38 Å². The van der Waals surface area contributed by atoms with E-state index in [1.54, 1.807) is 11.3 Å². The molecule has 1 heterocycles. The number of alkyl halides is 1. The molecule has 0 aromatic carbocycles. The lowest BCUT2D eigenvalue weighted by Crippen LogP contribution is -2.18. The molecule has 0 amide bonds. The highest BCUT2D eigenvalue weighted by Gasteiger charge is 2.24. The van der Waals surface area contributed by atoms with Gasteiger partial charge in [0.15, 0.2) is 0 Å². The van der Waals surface area contributed by atoms with Crippen LogP contribution in [0, 0.1) is 18.3 Å². The van der Waals surface area contributed by atoms with Crippen LogP contribution in [0.15, 0.2) is 9.85 Å². The van der Waals surface area contributed by atoms with Gasteiger partial charge in [0.05, 0.1) is 9.16 Å². The number of thiophene rings is 1. The van der Waals surface area contributed by atoms with Crippen LogP contribution >= 0.6 is 38.9 Å². The molecule has 0 aliphatic heterocycles. The molecule has 0 saturated carbocycles. The van der Waals surface area contributed by atoms with Gasteiger partial charge in [-0.15, -0.1) is 22.9 Å². The van der Waals surface area contributed by atoms with E-state index in [0.717, 1.165) is 6.42 Å². The summed E-state index contributed by atoms with van der Waals surface area (Å²) < 4.78 is 1.18. The predicted octanol–water partition coefficient (Wildman–Crippen LogP) is 6.17. The van der Waals surface area contributed by atoms with Crippen molar-refractivity contribution in [1.29, 1.82) is 0 Å². The van der Waals surface area contributed by atoms with Crippen molar-refractivity contribution in [2.45, 2.75) is 46.4 Å². The van der Waals surface area contributed by atoms with Gasteiger partial charge < -0.3 is 0 Å². The van der Waals surface area contributed by atoms with E-state index in [1.807, 2.05) is 0 Å².